The van der Waals surface area contributed by atoms with E-state index in [9.17, 15) is 8.42 Å². The van der Waals surface area contributed by atoms with Crippen molar-refractivity contribution in [3.63, 3.8) is 0 Å². The SMILES string of the molecule is O=S(=O)(CCO)CCNc1nc(C2=CC=CCC=N2)nc2ccccc12. The smallest absolute Gasteiger partial charge is 0.180 e. The van der Waals surface area contributed by atoms with Gasteiger partial charge in [0.1, 0.15) is 11.5 Å². The summed E-state index contributed by atoms with van der Waals surface area (Å²) in [6.45, 7) is -0.173. The number of allylic oxidation sites excluding steroid dienone is 3. The van der Waals surface area contributed by atoms with Gasteiger partial charge in [-0.3, -0.25) is 4.99 Å². The van der Waals surface area contributed by atoms with E-state index in [0.717, 1.165) is 17.3 Å². The third kappa shape index (κ3) is 4.53. The van der Waals surface area contributed by atoms with E-state index in [2.05, 4.69) is 20.3 Å². The van der Waals surface area contributed by atoms with Crippen molar-refractivity contribution in [2.75, 3.05) is 30.0 Å². The van der Waals surface area contributed by atoms with Gasteiger partial charge in [-0.1, -0.05) is 24.3 Å². The van der Waals surface area contributed by atoms with E-state index in [4.69, 9.17) is 5.11 Å². The second-order valence-corrected chi connectivity index (χ2v) is 8.05. The Morgan fingerprint density at radius 1 is 1.15 bits per heavy atom. The van der Waals surface area contributed by atoms with E-state index in [0.29, 0.717) is 17.3 Å². The molecule has 2 N–H and O–H groups in total. The Labute approximate surface area is 152 Å². The zero-order valence-electron chi connectivity index (χ0n) is 14.2. The average Bonchev–Trinajstić information content (AvgIpc) is 2.90. The fraction of sp³-hybridized carbons (Fsp3) is 0.278. The number of fused-ring (bicyclic) bond motifs is 1. The molecule has 7 nitrogen and oxygen atoms in total. The second kappa shape index (κ2) is 8.20. The molecule has 3 rings (SSSR count). The lowest BCUT2D eigenvalue weighted by Gasteiger charge is -2.11. The third-order valence-electron chi connectivity index (χ3n) is 3.80. The van der Waals surface area contributed by atoms with Gasteiger partial charge in [-0.05, 0) is 18.2 Å². The highest BCUT2D eigenvalue weighted by Crippen LogP contribution is 2.23. The first-order valence-electron chi connectivity index (χ1n) is 8.31. The standard InChI is InChI=1S/C18H20N4O3S/c23-11-13-26(24,25)12-10-20-17-14-6-3-4-7-15(14)21-18(22-17)16-8-2-1-5-9-19-16/h1-4,6-9,23H,5,10-13H2,(H,20,21,22). The largest absolute Gasteiger partial charge is 0.395 e. The Bertz CT molecular complexity index is 981. The third-order valence-corrected chi connectivity index (χ3v) is 5.43. The number of aliphatic hydroxyl groups is 1. The van der Waals surface area contributed by atoms with Crippen molar-refractivity contribution in [1.29, 1.82) is 0 Å². The number of nitrogens with zero attached hydrogens (tertiary/aromatic N) is 3. The van der Waals surface area contributed by atoms with Crippen LogP contribution in [0.1, 0.15) is 12.2 Å². The van der Waals surface area contributed by atoms with Crippen LogP contribution in [0.2, 0.25) is 0 Å². The number of anilines is 1. The van der Waals surface area contributed by atoms with E-state index < -0.39 is 9.84 Å². The minimum absolute atomic E-state index is 0.0786. The van der Waals surface area contributed by atoms with Gasteiger partial charge < -0.3 is 10.4 Å². The molecule has 136 valence electrons. The van der Waals surface area contributed by atoms with E-state index in [1.165, 1.54) is 0 Å². The quantitative estimate of drug-likeness (QED) is 0.768. The van der Waals surface area contributed by atoms with Crippen LogP contribution in [0, 0.1) is 0 Å². The fourth-order valence-corrected chi connectivity index (χ4v) is 3.41. The van der Waals surface area contributed by atoms with Crippen molar-refractivity contribution in [3.8, 4) is 0 Å². The number of benzene rings is 1. The molecule has 1 aromatic carbocycles. The summed E-state index contributed by atoms with van der Waals surface area (Å²) in [6.07, 6.45) is 8.30. The van der Waals surface area contributed by atoms with Crippen LogP contribution < -0.4 is 5.32 Å². The van der Waals surface area contributed by atoms with Crippen LogP contribution in [0.4, 0.5) is 5.82 Å². The number of aliphatic imine (C=N–C) groups is 1. The maximum absolute atomic E-state index is 11.8. The Hall–Kier alpha value is -2.58. The van der Waals surface area contributed by atoms with Crippen LogP contribution in [-0.4, -0.2) is 54.4 Å². The van der Waals surface area contributed by atoms with Gasteiger partial charge in [0, 0.05) is 24.6 Å². The molecule has 0 radical (unpaired) electrons. The molecule has 0 spiro atoms. The molecule has 2 heterocycles. The Morgan fingerprint density at radius 3 is 2.85 bits per heavy atom. The molecule has 1 aromatic heterocycles. The predicted octanol–water partition coefficient (Wildman–Crippen LogP) is 1.82. The topological polar surface area (TPSA) is 105 Å². The summed E-state index contributed by atoms with van der Waals surface area (Å²) in [7, 11) is -3.29. The number of aromatic nitrogens is 2. The zero-order chi connectivity index (χ0) is 18.4. The van der Waals surface area contributed by atoms with E-state index in [-0.39, 0.29) is 24.7 Å². The van der Waals surface area contributed by atoms with Crippen LogP contribution in [-0.2, 0) is 9.84 Å². The first kappa shape index (κ1) is 18.2. The van der Waals surface area contributed by atoms with Crippen LogP contribution in [0.3, 0.4) is 0 Å². The number of nitrogens with one attached hydrogen (secondary N) is 1. The Morgan fingerprint density at radius 2 is 2.00 bits per heavy atom. The molecule has 1 aliphatic rings. The minimum Gasteiger partial charge on any atom is -0.395 e. The monoisotopic (exact) mass is 372 g/mol. The van der Waals surface area contributed by atoms with Crippen molar-refractivity contribution in [2.45, 2.75) is 6.42 Å². The summed E-state index contributed by atoms with van der Waals surface area (Å²) < 4.78 is 23.5. The van der Waals surface area contributed by atoms with Crippen molar-refractivity contribution in [2.24, 2.45) is 4.99 Å². The number of hydrogen-bond acceptors (Lipinski definition) is 7. The van der Waals surface area contributed by atoms with E-state index >= 15 is 0 Å². The van der Waals surface area contributed by atoms with E-state index in [1.807, 2.05) is 42.5 Å². The van der Waals surface area contributed by atoms with Gasteiger partial charge in [-0.25, -0.2) is 18.4 Å². The molecule has 0 saturated carbocycles. The predicted molar refractivity (Wildman–Crippen MR) is 104 cm³/mol. The number of sulfone groups is 1. The van der Waals surface area contributed by atoms with Gasteiger partial charge in [0.25, 0.3) is 0 Å². The molecule has 0 aliphatic carbocycles. The van der Waals surface area contributed by atoms with Gasteiger partial charge in [0.05, 0.1) is 23.6 Å². The molecule has 0 fully saturated rings. The number of para-hydroxylation sites is 1. The summed E-state index contributed by atoms with van der Waals surface area (Å²) in [5, 5.41) is 12.7. The number of aliphatic hydroxyl groups excluding tert-OH is 1. The maximum Gasteiger partial charge on any atom is 0.180 e. The highest BCUT2D eigenvalue weighted by atomic mass is 32.2. The first-order valence-corrected chi connectivity index (χ1v) is 10.1. The summed E-state index contributed by atoms with van der Waals surface area (Å²) >= 11 is 0. The Balaban J connectivity index is 1.91. The normalized spacial score (nSPS) is 14.3. The van der Waals surface area contributed by atoms with Crippen LogP contribution in [0.5, 0.6) is 0 Å². The van der Waals surface area contributed by atoms with Gasteiger partial charge in [-0.15, -0.1) is 0 Å². The van der Waals surface area contributed by atoms with E-state index in [1.54, 1.807) is 6.21 Å². The molecule has 26 heavy (non-hydrogen) atoms. The van der Waals surface area contributed by atoms with Crippen molar-refractivity contribution in [1.82, 2.24) is 9.97 Å². The molecular weight excluding hydrogens is 352 g/mol. The van der Waals surface area contributed by atoms with Crippen LogP contribution in [0.15, 0.2) is 47.5 Å². The Kier molecular flexibility index (Phi) is 5.75. The minimum atomic E-state index is -3.29. The number of rotatable bonds is 7. The molecule has 0 atom stereocenters. The molecule has 2 aromatic rings. The lowest BCUT2D eigenvalue weighted by molar-refractivity contribution is 0.319. The molecule has 0 unspecified atom stereocenters. The lowest BCUT2D eigenvalue weighted by atomic mass is 10.2. The molecule has 1 aliphatic heterocycles. The van der Waals surface area contributed by atoms with Gasteiger partial charge in [0.2, 0.25) is 0 Å². The molecule has 0 amide bonds. The summed E-state index contributed by atoms with van der Waals surface area (Å²) in [6, 6.07) is 7.53. The van der Waals surface area contributed by atoms with Gasteiger partial charge >= 0.3 is 0 Å². The average molecular weight is 372 g/mol. The van der Waals surface area contributed by atoms with Crippen molar-refractivity contribution in [3.05, 3.63) is 48.3 Å². The second-order valence-electron chi connectivity index (χ2n) is 5.74. The van der Waals surface area contributed by atoms with Gasteiger partial charge in [-0.2, -0.15) is 0 Å². The van der Waals surface area contributed by atoms with Crippen LogP contribution >= 0.6 is 0 Å². The highest BCUT2D eigenvalue weighted by Gasteiger charge is 2.13. The fourth-order valence-electron chi connectivity index (χ4n) is 2.52. The highest BCUT2D eigenvalue weighted by molar-refractivity contribution is 7.91. The van der Waals surface area contributed by atoms with Gasteiger partial charge in [0.15, 0.2) is 15.7 Å². The first-order chi connectivity index (χ1) is 12.6. The van der Waals surface area contributed by atoms with Crippen molar-refractivity contribution < 1.29 is 13.5 Å². The summed E-state index contributed by atoms with van der Waals surface area (Å²) in [5.74, 6) is 0.727. The van der Waals surface area contributed by atoms with Crippen molar-refractivity contribution >= 4 is 38.5 Å². The summed E-state index contributed by atoms with van der Waals surface area (Å²) in [4.78, 5) is 13.5. The summed E-state index contributed by atoms with van der Waals surface area (Å²) in [5.41, 5.74) is 1.41. The molecule has 0 bridgehead atoms. The lowest BCUT2D eigenvalue weighted by Crippen LogP contribution is -2.20. The molecule has 0 saturated heterocycles. The molecular formula is C18H20N4O3S. The number of hydrogen-bond donors (Lipinski definition) is 2. The zero-order valence-corrected chi connectivity index (χ0v) is 15.0. The molecule has 8 heteroatoms. The van der Waals surface area contributed by atoms with Crippen LogP contribution in [0.25, 0.3) is 16.6 Å². The maximum atomic E-state index is 11.8.